The molecule has 1 aromatic heterocycles. The second-order valence-corrected chi connectivity index (χ2v) is 3.41. The van der Waals surface area contributed by atoms with E-state index in [2.05, 4.69) is 9.97 Å². The fourth-order valence-electron chi connectivity index (χ4n) is 1.39. The van der Waals surface area contributed by atoms with Crippen LogP contribution in [0.5, 0.6) is 0 Å². The Kier molecular flexibility index (Phi) is 4.04. The van der Waals surface area contributed by atoms with Crippen LogP contribution in [0.4, 0.5) is 5.82 Å². The number of aliphatic carboxylic acids is 1. The third-order valence-electron chi connectivity index (χ3n) is 2.15. The smallest absolute Gasteiger partial charge is 0.305 e. The first-order chi connectivity index (χ1) is 7.52. The first kappa shape index (κ1) is 12.2. The third kappa shape index (κ3) is 3.38. The Morgan fingerprint density at radius 1 is 1.62 bits per heavy atom. The molecule has 0 saturated carbocycles. The summed E-state index contributed by atoms with van der Waals surface area (Å²) in [4.78, 5) is 30.2. The van der Waals surface area contributed by atoms with Crippen LogP contribution in [0.2, 0.25) is 0 Å². The molecule has 1 aromatic rings. The molecule has 0 aromatic carbocycles. The molecule has 0 saturated heterocycles. The van der Waals surface area contributed by atoms with E-state index in [9.17, 15) is 9.59 Å². The van der Waals surface area contributed by atoms with Crippen LogP contribution in [-0.2, 0) is 4.79 Å². The van der Waals surface area contributed by atoms with E-state index in [1.807, 2.05) is 6.92 Å². The van der Waals surface area contributed by atoms with Gasteiger partial charge in [0.15, 0.2) is 0 Å². The van der Waals surface area contributed by atoms with Gasteiger partial charge in [0.05, 0.1) is 6.42 Å². The summed E-state index contributed by atoms with van der Waals surface area (Å²) in [5, 5.41) is 8.60. The molecule has 1 heterocycles. The van der Waals surface area contributed by atoms with Gasteiger partial charge < -0.3 is 15.0 Å². The predicted molar refractivity (Wildman–Crippen MR) is 59.7 cm³/mol. The summed E-state index contributed by atoms with van der Waals surface area (Å²) < 4.78 is 0. The highest BCUT2D eigenvalue weighted by Gasteiger charge is 2.09. The van der Waals surface area contributed by atoms with Crippen LogP contribution in [0, 0.1) is 6.92 Å². The summed E-state index contributed by atoms with van der Waals surface area (Å²) in [5.41, 5.74) is -0.226. The van der Waals surface area contributed by atoms with Crippen LogP contribution >= 0.6 is 0 Å². The lowest BCUT2D eigenvalue weighted by atomic mass is 10.3. The van der Waals surface area contributed by atoms with E-state index >= 15 is 0 Å². The van der Waals surface area contributed by atoms with Crippen molar-refractivity contribution < 1.29 is 9.90 Å². The number of carboxylic acids is 1. The summed E-state index contributed by atoms with van der Waals surface area (Å²) >= 11 is 0. The largest absolute Gasteiger partial charge is 0.481 e. The molecule has 2 N–H and O–H groups in total. The van der Waals surface area contributed by atoms with Gasteiger partial charge >= 0.3 is 5.97 Å². The van der Waals surface area contributed by atoms with Gasteiger partial charge in [0.2, 0.25) is 0 Å². The highest BCUT2D eigenvalue weighted by atomic mass is 16.4. The van der Waals surface area contributed by atoms with Crippen molar-refractivity contribution in [2.45, 2.75) is 20.3 Å². The maximum atomic E-state index is 11.2. The van der Waals surface area contributed by atoms with Crippen LogP contribution in [0.3, 0.4) is 0 Å². The Labute approximate surface area is 92.9 Å². The first-order valence-electron chi connectivity index (χ1n) is 5.07. The second-order valence-electron chi connectivity index (χ2n) is 3.41. The van der Waals surface area contributed by atoms with Gasteiger partial charge in [-0.2, -0.15) is 0 Å². The van der Waals surface area contributed by atoms with E-state index < -0.39 is 5.97 Å². The Balaban J connectivity index is 2.86. The molecule has 0 amide bonds. The van der Waals surface area contributed by atoms with Gasteiger partial charge in [0, 0.05) is 19.2 Å². The lowest BCUT2D eigenvalue weighted by Gasteiger charge is -2.20. The first-order valence-corrected chi connectivity index (χ1v) is 5.07. The van der Waals surface area contributed by atoms with Gasteiger partial charge in [-0.1, -0.05) is 0 Å². The normalized spacial score (nSPS) is 10.1. The van der Waals surface area contributed by atoms with E-state index in [0.717, 1.165) is 0 Å². The molecule has 16 heavy (non-hydrogen) atoms. The minimum atomic E-state index is -0.861. The maximum absolute atomic E-state index is 11.2. The molecule has 6 nitrogen and oxygen atoms in total. The predicted octanol–water partition coefficient (Wildman–Crippen LogP) is 0.379. The molecule has 0 unspecified atom stereocenters. The highest BCUT2D eigenvalue weighted by molar-refractivity contribution is 5.67. The SMILES string of the molecule is CCN(CCC(=O)O)c1cc(=O)[nH]c(C)n1. The van der Waals surface area contributed by atoms with E-state index in [1.54, 1.807) is 11.8 Å². The fourth-order valence-corrected chi connectivity index (χ4v) is 1.39. The van der Waals surface area contributed by atoms with Gasteiger partial charge in [-0.15, -0.1) is 0 Å². The number of hydrogen-bond acceptors (Lipinski definition) is 4. The number of anilines is 1. The molecule has 6 heteroatoms. The van der Waals surface area contributed by atoms with Crippen molar-refractivity contribution >= 4 is 11.8 Å². The average molecular weight is 225 g/mol. The van der Waals surface area contributed by atoms with Crippen LogP contribution in [0.25, 0.3) is 0 Å². The number of aromatic nitrogens is 2. The number of aryl methyl sites for hydroxylation is 1. The average Bonchev–Trinajstić information content (AvgIpc) is 2.16. The van der Waals surface area contributed by atoms with Crippen LogP contribution in [0.1, 0.15) is 19.2 Å². The zero-order valence-corrected chi connectivity index (χ0v) is 9.36. The van der Waals surface area contributed by atoms with Gasteiger partial charge in [-0.05, 0) is 13.8 Å². The molecule has 0 aliphatic rings. The summed E-state index contributed by atoms with van der Waals surface area (Å²) in [7, 11) is 0. The monoisotopic (exact) mass is 225 g/mol. The number of carboxylic acid groups (broad SMARTS) is 1. The third-order valence-corrected chi connectivity index (χ3v) is 2.15. The van der Waals surface area contributed by atoms with Gasteiger partial charge in [-0.3, -0.25) is 9.59 Å². The Morgan fingerprint density at radius 2 is 2.31 bits per heavy atom. The van der Waals surface area contributed by atoms with Crippen molar-refractivity contribution in [3.05, 3.63) is 22.2 Å². The standard InChI is InChI=1S/C10H15N3O3/c1-3-13(5-4-10(15)16)8-6-9(14)12-7(2)11-8/h6H,3-5H2,1-2H3,(H,15,16)(H,11,12,14). The molecule has 0 fully saturated rings. The topological polar surface area (TPSA) is 86.3 Å². The summed E-state index contributed by atoms with van der Waals surface area (Å²) in [5.74, 6) is 0.182. The highest BCUT2D eigenvalue weighted by Crippen LogP contribution is 2.07. The lowest BCUT2D eigenvalue weighted by Crippen LogP contribution is -2.28. The summed E-state index contributed by atoms with van der Waals surface area (Å²) in [6.07, 6.45) is 0.0291. The van der Waals surface area contributed by atoms with Crippen molar-refractivity contribution in [3.63, 3.8) is 0 Å². The number of H-pyrrole nitrogens is 1. The zero-order valence-electron chi connectivity index (χ0n) is 9.36. The second kappa shape index (κ2) is 5.29. The van der Waals surface area contributed by atoms with Crippen LogP contribution in [-0.4, -0.2) is 34.1 Å². The molecular weight excluding hydrogens is 210 g/mol. The van der Waals surface area contributed by atoms with Crippen molar-refractivity contribution in [3.8, 4) is 0 Å². The van der Waals surface area contributed by atoms with E-state index in [0.29, 0.717) is 24.7 Å². The van der Waals surface area contributed by atoms with Gasteiger partial charge in [0.25, 0.3) is 5.56 Å². The van der Waals surface area contributed by atoms with Gasteiger partial charge in [0.1, 0.15) is 11.6 Å². The van der Waals surface area contributed by atoms with E-state index in [-0.39, 0.29) is 12.0 Å². The number of aromatic amines is 1. The molecule has 1 rings (SSSR count). The number of nitrogens with one attached hydrogen (secondary N) is 1. The Bertz CT molecular complexity index is 428. The van der Waals surface area contributed by atoms with Crippen LogP contribution in [0.15, 0.2) is 10.9 Å². The minimum Gasteiger partial charge on any atom is -0.481 e. The zero-order chi connectivity index (χ0) is 12.1. The summed E-state index contributed by atoms with van der Waals surface area (Å²) in [6, 6.07) is 1.37. The minimum absolute atomic E-state index is 0.0291. The van der Waals surface area contributed by atoms with Crippen molar-refractivity contribution in [2.24, 2.45) is 0 Å². The maximum Gasteiger partial charge on any atom is 0.305 e. The van der Waals surface area contributed by atoms with E-state index in [4.69, 9.17) is 5.11 Å². The molecule has 0 aliphatic heterocycles. The molecule has 0 spiro atoms. The molecule has 0 atom stereocenters. The Hall–Kier alpha value is -1.85. The fraction of sp³-hybridized carbons (Fsp3) is 0.500. The van der Waals surface area contributed by atoms with Crippen molar-refractivity contribution in [1.29, 1.82) is 0 Å². The molecule has 88 valence electrons. The van der Waals surface area contributed by atoms with Crippen LogP contribution < -0.4 is 10.5 Å². The molecular formula is C10H15N3O3. The molecule has 0 aliphatic carbocycles. The quantitative estimate of drug-likeness (QED) is 0.756. The molecule has 0 radical (unpaired) electrons. The van der Waals surface area contributed by atoms with Gasteiger partial charge in [-0.25, -0.2) is 4.98 Å². The summed E-state index contributed by atoms with van der Waals surface area (Å²) in [6.45, 7) is 4.54. The lowest BCUT2D eigenvalue weighted by molar-refractivity contribution is -0.136. The van der Waals surface area contributed by atoms with Crippen molar-refractivity contribution in [2.75, 3.05) is 18.0 Å². The number of rotatable bonds is 5. The number of hydrogen-bond donors (Lipinski definition) is 2. The molecule has 0 bridgehead atoms. The number of carbonyl (C=O) groups is 1. The number of nitrogens with zero attached hydrogens (tertiary/aromatic N) is 2. The van der Waals surface area contributed by atoms with Crippen molar-refractivity contribution in [1.82, 2.24) is 9.97 Å². The Morgan fingerprint density at radius 3 is 2.81 bits per heavy atom. The van der Waals surface area contributed by atoms with E-state index in [1.165, 1.54) is 6.07 Å².